The number of hydrogen-bond acceptors (Lipinski definition) is 2. The van der Waals surface area contributed by atoms with Gasteiger partial charge in [-0.1, -0.05) is 23.8 Å². The summed E-state index contributed by atoms with van der Waals surface area (Å²) in [5.74, 6) is -0.493. The number of carbonyl (C=O) groups is 1. The quantitative estimate of drug-likeness (QED) is 0.778. The van der Waals surface area contributed by atoms with E-state index in [0.29, 0.717) is 16.9 Å². The zero-order chi connectivity index (χ0) is 18.0. The van der Waals surface area contributed by atoms with Crippen molar-refractivity contribution in [1.29, 1.82) is 0 Å². The summed E-state index contributed by atoms with van der Waals surface area (Å²) < 4.78 is 14.8. The minimum Gasteiger partial charge on any atom is -0.350 e. The molecular weight excluding hydrogens is 317 g/mol. The summed E-state index contributed by atoms with van der Waals surface area (Å²) in [4.78, 5) is 12.6. The van der Waals surface area contributed by atoms with Crippen molar-refractivity contribution in [3.05, 3.63) is 71.7 Å². The molecule has 128 valence electrons. The number of halogens is 1. The summed E-state index contributed by atoms with van der Waals surface area (Å²) in [6.45, 7) is 5.82. The van der Waals surface area contributed by atoms with Crippen LogP contribution < -0.4 is 5.32 Å². The summed E-state index contributed by atoms with van der Waals surface area (Å²) in [5, 5.41) is 7.49. The molecule has 0 radical (unpaired) electrons. The first-order valence-electron chi connectivity index (χ1n) is 8.17. The number of carbonyl (C=O) groups excluding carboxylic acids is 1. The first kappa shape index (κ1) is 16.9. The smallest absolute Gasteiger partial charge is 0.255 e. The molecule has 0 atom stereocenters. The van der Waals surface area contributed by atoms with Crippen LogP contribution in [0.1, 0.15) is 29.8 Å². The van der Waals surface area contributed by atoms with Gasteiger partial charge >= 0.3 is 0 Å². The Kier molecular flexibility index (Phi) is 4.65. The van der Waals surface area contributed by atoms with Gasteiger partial charge in [0.1, 0.15) is 11.5 Å². The van der Waals surface area contributed by atoms with E-state index in [2.05, 4.69) is 10.4 Å². The van der Waals surface area contributed by atoms with Crippen LogP contribution in [-0.2, 0) is 0 Å². The van der Waals surface area contributed by atoms with E-state index in [1.165, 1.54) is 12.1 Å². The minimum atomic E-state index is -0.312. The lowest BCUT2D eigenvalue weighted by Crippen LogP contribution is -2.30. The molecule has 3 aromatic rings. The van der Waals surface area contributed by atoms with Crippen molar-refractivity contribution in [2.75, 3.05) is 0 Å². The molecule has 0 aliphatic carbocycles. The van der Waals surface area contributed by atoms with Crippen LogP contribution in [0.5, 0.6) is 0 Å². The predicted octanol–water partition coefficient (Wildman–Crippen LogP) is 4.13. The van der Waals surface area contributed by atoms with Crippen LogP contribution in [0, 0.1) is 12.7 Å². The van der Waals surface area contributed by atoms with E-state index in [-0.39, 0.29) is 17.8 Å². The maximum absolute atomic E-state index is 13.2. The third-order valence-electron chi connectivity index (χ3n) is 3.76. The third kappa shape index (κ3) is 3.76. The Bertz CT molecular complexity index is 898. The molecule has 25 heavy (non-hydrogen) atoms. The van der Waals surface area contributed by atoms with Crippen LogP contribution in [-0.4, -0.2) is 21.7 Å². The van der Waals surface area contributed by atoms with Crippen molar-refractivity contribution in [2.45, 2.75) is 26.8 Å². The lowest BCUT2D eigenvalue weighted by Gasteiger charge is -2.08. The lowest BCUT2D eigenvalue weighted by molar-refractivity contribution is 0.0943. The van der Waals surface area contributed by atoms with Gasteiger partial charge in [-0.25, -0.2) is 9.07 Å². The largest absolute Gasteiger partial charge is 0.350 e. The number of hydrogen-bond donors (Lipinski definition) is 1. The van der Waals surface area contributed by atoms with Gasteiger partial charge in [0.25, 0.3) is 5.91 Å². The predicted molar refractivity (Wildman–Crippen MR) is 96.3 cm³/mol. The van der Waals surface area contributed by atoms with Crippen molar-refractivity contribution in [2.24, 2.45) is 0 Å². The zero-order valence-electron chi connectivity index (χ0n) is 14.5. The molecule has 0 spiro atoms. The SMILES string of the molecule is Cc1cccc(-c2nn(-c3ccc(F)cc3)cc2C(=O)NC(C)C)c1. The zero-order valence-corrected chi connectivity index (χ0v) is 14.5. The van der Waals surface area contributed by atoms with Crippen LogP contribution in [0.2, 0.25) is 0 Å². The standard InChI is InChI=1S/C20H20FN3O/c1-13(2)22-20(25)18-12-24(17-9-7-16(21)8-10-17)23-19(18)15-6-4-5-14(3)11-15/h4-13H,1-3H3,(H,22,25). The fourth-order valence-corrected chi connectivity index (χ4v) is 2.61. The Labute approximate surface area is 146 Å². The minimum absolute atomic E-state index is 0.0204. The highest BCUT2D eigenvalue weighted by Crippen LogP contribution is 2.25. The molecule has 1 heterocycles. The second-order valence-corrected chi connectivity index (χ2v) is 6.31. The highest BCUT2D eigenvalue weighted by atomic mass is 19.1. The molecule has 4 nitrogen and oxygen atoms in total. The van der Waals surface area contributed by atoms with E-state index < -0.39 is 0 Å². The van der Waals surface area contributed by atoms with Gasteiger partial charge in [-0.15, -0.1) is 0 Å². The molecule has 0 aliphatic heterocycles. The van der Waals surface area contributed by atoms with Crippen molar-refractivity contribution < 1.29 is 9.18 Å². The number of nitrogens with zero attached hydrogens (tertiary/aromatic N) is 2. The normalized spacial score (nSPS) is 10.9. The first-order chi connectivity index (χ1) is 11.9. The van der Waals surface area contributed by atoms with E-state index in [1.54, 1.807) is 23.0 Å². The molecule has 0 saturated carbocycles. The van der Waals surface area contributed by atoms with E-state index in [9.17, 15) is 9.18 Å². The summed E-state index contributed by atoms with van der Waals surface area (Å²) in [7, 11) is 0. The van der Waals surface area contributed by atoms with Crippen LogP contribution >= 0.6 is 0 Å². The van der Waals surface area contributed by atoms with Crippen molar-refractivity contribution in [3.8, 4) is 16.9 Å². The molecule has 0 aliphatic rings. The molecular formula is C20H20FN3O. The maximum Gasteiger partial charge on any atom is 0.255 e. The van der Waals surface area contributed by atoms with Gasteiger partial charge < -0.3 is 5.32 Å². The number of aromatic nitrogens is 2. The Morgan fingerprint density at radius 1 is 1.16 bits per heavy atom. The van der Waals surface area contributed by atoms with Gasteiger partial charge in [-0.05, 0) is 51.1 Å². The van der Waals surface area contributed by atoms with Crippen molar-refractivity contribution in [1.82, 2.24) is 15.1 Å². The topological polar surface area (TPSA) is 46.9 Å². The van der Waals surface area contributed by atoms with Crippen molar-refractivity contribution >= 4 is 5.91 Å². The molecule has 3 rings (SSSR count). The number of rotatable bonds is 4. The molecule has 0 saturated heterocycles. The Morgan fingerprint density at radius 2 is 1.88 bits per heavy atom. The summed E-state index contributed by atoms with van der Waals surface area (Å²) in [6, 6.07) is 13.9. The van der Waals surface area contributed by atoms with Crippen LogP contribution in [0.15, 0.2) is 54.7 Å². The van der Waals surface area contributed by atoms with Gasteiger partial charge in [-0.3, -0.25) is 4.79 Å². The van der Waals surface area contributed by atoms with E-state index in [0.717, 1.165) is 11.1 Å². The average Bonchev–Trinajstić information content (AvgIpc) is 3.00. The van der Waals surface area contributed by atoms with E-state index in [4.69, 9.17) is 0 Å². The molecule has 1 N–H and O–H groups in total. The average molecular weight is 337 g/mol. The molecule has 0 fully saturated rings. The molecule has 5 heteroatoms. The van der Waals surface area contributed by atoms with Gasteiger partial charge in [0.15, 0.2) is 0 Å². The van der Waals surface area contributed by atoms with E-state index in [1.807, 2.05) is 45.0 Å². The first-order valence-corrected chi connectivity index (χ1v) is 8.17. The van der Waals surface area contributed by atoms with Crippen LogP contribution in [0.3, 0.4) is 0 Å². The number of benzene rings is 2. The van der Waals surface area contributed by atoms with Gasteiger partial charge in [0, 0.05) is 17.8 Å². The summed E-state index contributed by atoms with van der Waals surface area (Å²) >= 11 is 0. The van der Waals surface area contributed by atoms with Crippen LogP contribution in [0.25, 0.3) is 16.9 Å². The maximum atomic E-state index is 13.2. The number of nitrogens with one attached hydrogen (secondary N) is 1. The second-order valence-electron chi connectivity index (χ2n) is 6.31. The summed E-state index contributed by atoms with van der Waals surface area (Å²) in [5.41, 5.74) is 3.74. The number of aryl methyl sites for hydroxylation is 1. The van der Waals surface area contributed by atoms with Gasteiger partial charge in [-0.2, -0.15) is 5.10 Å². The highest BCUT2D eigenvalue weighted by molar-refractivity contribution is 6.00. The lowest BCUT2D eigenvalue weighted by atomic mass is 10.1. The third-order valence-corrected chi connectivity index (χ3v) is 3.76. The Balaban J connectivity index is 2.11. The van der Waals surface area contributed by atoms with Gasteiger partial charge in [0.05, 0.1) is 11.3 Å². The fourth-order valence-electron chi connectivity index (χ4n) is 2.61. The molecule has 1 amide bonds. The molecule has 2 aromatic carbocycles. The fraction of sp³-hybridized carbons (Fsp3) is 0.200. The number of amides is 1. The van der Waals surface area contributed by atoms with Gasteiger partial charge in [0.2, 0.25) is 0 Å². The summed E-state index contributed by atoms with van der Waals surface area (Å²) in [6.07, 6.45) is 1.68. The Morgan fingerprint density at radius 3 is 2.52 bits per heavy atom. The molecule has 1 aromatic heterocycles. The Hall–Kier alpha value is -2.95. The molecule has 0 unspecified atom stereocenters. The van der Waals surface area contributed by atoms with E-state index >= 15 is 0 Å². The molecule has 0 bridgehead atoms. The van der Waals surface area contributed by atoms with Crippen LogP contribution in [0.4, 0.5) is 4.39 Å². The van der Waals surface area contributed by atoms with Crippen molar-refractivity contribution in [3.63, 3.8) is 0 Å². The highest BCUT2D eigenvalue weighted by Gasteiger charge is 2.19. The second kappa shape index (κ2) is 6.89. The monoisotopic (exact) mass is 337 g/mol.